The van der Waals surface area contributed by atoms with E-state index in [0.717, 1.165) is 6.29 Å². The molecule has 4 nitrogen and oxygen atoms in total. The van der Waals surface area contributed by atoms with E-state index in [2.05, 4.69) is 15.9 Å². The van der Waals surface area contributed by atoms with E-state index in [4.69, 9.17) is 14.7 Å². The molecule has 0 unspecified atom stereocenters. The minimum atomic E-state index is 0.406. The molecule has 5 heteroatoms. The second kappa shape index (κ2) is 6.03. The average Bonchev–Trinajstić information content (AvgIpc) is 2.40. The molecular formula is C14H8BrNO3. The predicted octanol–water partition coefficient (Wildman–Crippen LogP) is 3.91. The summed E-state index contributed by atoms with van der Waals surface area (Å²) >= 11 is 3.28. The van der Waals surface area contributed by atoms with Crippen molar-refractivity contribution in [2.75, 3.05) is 0 Å². The summed E-state index contributed by atoms with van der Waals surface area (Å²) in [7, 11) is 0. The molecule has 94 valence electrons. The molecule has 0 bridgehead atoms. The van der Waals surface area contributed by atoms with Crippen molar-refractivity contribution in [3.63, 3.8) is 0 Å². The number of nitrogens with zero attached hydrogens (tertiary/aromatic N) is 1. The normalized spacial score (nSPS) is 9.47. The van der Waals surface area contributed by atoms with Crippen molar-refractivity contribution in [1.82, 2.24) is 0 Å². The molecule has 0 amide bonds. The Morgan fingerprint density at radius 1 is 1.11 bits per heavy atom. The lowest BCUT2D eigenvalue weighted by molar-refractivity contribution is 0.112. The van der Waals surface area contributed by atoms with Crippen molar-refractivity contribution < 1.29 is 14.3 Å². The first-order chi connectivity index (χ1) is 9.22. The monoisotopic (exact) mass is 317 g/mol. The van der Waals surface area contributed by atoms with Gasteiger partial charge in [0.05, 0.1) is 0 Å². The van der Waals surface area contributed by atoms with E-state index in [9.17, 15) is 4.79 Å². The fourth-order valence-corrected chi connectivity index (χ4v) is 1.91. The number of carbonyl (C=O) groups is 1. The summed E-state index contributed by atoms with van der Waals surface area (Å²) < 4.78 is 11.0. The lowest BCUT2D eigenvalue weighted by atomic mass is 10.2. The maximum Gasteiger partial charge on any atom is 0.292 e. The van der Waals surface area contributed by atoms with E-state index in [1.807, 2.05) is 0 Å². The molecule has 19 heavy (non-hydrogen) atoms. The van der Waals surface area contributed by atoms with Crippen LogP contribution in [0.5, 0.6) is 17.2 Å². The molecule has 0 aliphatic heterocycles. The fourth-order valence-electron chi connectivity index (χ4n) is 1.46. The van der Waals surface area contributed by atoms with Gasteiger partial charge in [0.15, 0.2) is 6.29 Å². The van der Waals surface area contributed by atoms with Crippen LogP contribution >= 0.6 is 15.9 Å². The summed E-state index contributed by atoms with van der Waals surface area (Å²) in [5.74, 6) is 1.52. The quantitative estimate of drug-likeness (QED) is 0.633. The molecule has 0 heterocycles. The number of nitriles is 1. The molecule has 0 spiro atoms. The highest BCUT2D eigenvalue weighted by Gasteiger charge is 2.03. The molecule has 0 atom stereocenters. The van der Waals surface area contributed by atoms with Crippen LogP contribution in [0, 0.1) is 11.5 Å². The SMILES string of the molecule is N#COc1cccc(Oc2ccc(C=O)c(Br)c2)c1. The van der Waals surface area contributed by atoms with Gasteiger partial charge in [0.2, 0.25) is 0 Å². The molecule has 0 aromatic heterocycles. The average molecular weight is 318 g/mol. The van der Waals surface area contributed by atoms with Crippen LogP contribution < -0.4 is 9.47 Å². The van der Waals surface area contributed by atoms with Gasteiger partial charge in [0, 0.05) is 16.1 Å². The molecule has 0 saturated heterocycles. The number of rotatable bonds is 4. The van der Waals surface area contributed by atoms with E-state index < -0.39 is 0 Å². The second-order valence-corrected chi connectivity index (χ2v) is 4.43. The zero-order valence-electron chi connectivity index (χ0n) is 9.67. The Morgan fingerprint density at radius 2 is 1.84 bits per heavy atom. The van der Waals surface area contributed by atoms with Gasteiger partial charge in [0.25, 0.3) is 6.26 Å². The van der Waals surface area contributed by atoms with Crippen LogP contribution in [-0.2, 0) is 0 Å². The Kier molecular flexibility index (Phi) is 4.16. The highest BCUT2D eigenvalue weighted by molar-refractivity contribution is 9.10. The number of carbonyl (C=O) groups excluding carboxylic acids is 1. The summed E-state index contributed by atoms with van der Waals surface area (Å²) in [4.78, 5) is 10.7. The third-order valence-electron chi connectivity index (χ3n) is 2.30. The van der Waals surface area contributed by atoms with Gasteiger partial charge in [-0.05, 0) is 46.3 Å². The summed E-state index contributed by atoms with van der Waals surface area (Å²) in [5, 5.41) is 8.44. The van der Waals surface area contributed by atoms with Gasteiger partial charge in [-0.3, -0.25) is 4.79 Å². The zero-order chi connectivity index (χ0) is 13.7. The van der Waals surface area contributed by atoms with Gasteiger partial charge < -0.3 is 9.47 Å². The van der Waals surface area contributed by atoms with E-state index in [0.29, 0.717) is 27.3 Å². The fraction of sp³-hybridized carbons (Fsp3) is 0. The zero-order valence-corrected chi connectivity index (χ0v) is 11.3. The van der Waals surface area contributed by atoms with Crippen molar-refractivity contribution >= 4 is 22.2 Å². The first kappa shape index (κ1) is 13.1. The van der Waals surface area contributed by atoms with Gasteiger partial charge in [-0.15, -0.1) is 5.26 Å². The van der Waals surface area contributed by atoms with Crippen LogP contribution in [0.3, 0.4) is 0 Å². The molecule has 0 N–H and O–H groups in total. The summed E-state index contributed by atoms with van der Waals surface area (Å²) in [6, 6.07) is 11.8. The van der Waals surface area contributed by atoms with Crippen LogP contribution in [0.15, 0.2) is 46.9 Å². The molecule has 2 aromatic carbocycles. The van der Waals surface area contributed by atoms with Crippen LogP contribution in [0.25, 0.3) is 0 Å². The van der Waals surface area contributed by atoms with Crippen molar-refractivity contribution in [2.24, 2.45) is 0 Å². The highest BCUT2D eigenvalue weighted by Crippen LogP contribution is 2.28. The van der Waals surface area contributed by atoms with Gasteiger partial charge in [-0.2, -0.15) is 0 Å². The largest absolute Gasteiger partial charge is 0.457 e. The van der Waals surface area contributed by atoms with Gasteiger partial charge in [0.1, 0.15) is 17.2 Å². The summed E-state index contributed by atoms with van der Waals surface area (Å²) in [6.07, 6.45) is 2.36. The van der Waals surface area contributed by atoms with E-state index in [1.54, 1.807) is 48.7 Å². The van der Waals surface area contributed by atoms with Crippen LogP contribution in [0.2, 0.25) is 0 Å². The minimum Gasteiger partial charge on any atom is -0.457 e. The molecule has 0 aliphatic carbocycles. The van der Waals surface area contributed by atoms with Crippen LogP contribution in [0.1, 0.15) is 10.4 Å². The first-order valence-corrected chi connectivity index (χ1v) is 6.11. The maximum atomic E-state index is 10.7. The van der Waals surface area contributed by atoms with Crippen LogP contribution in [-0.4, -0.2) is 6.29 Å². The number of hydrogen-bond acceptors (Lipinski definition) is 4. The van der Waals surface area contributed by atoms with Gasteiger partial charge in [-0.25, -0.2) is 0 Å². The number of halogens is 1. The maximum absolute atomic E-state index is 10.7. The Labute approximate surface area is 118 Å². The van der Waals surface area contributed by atoms with E-state index in [1.165, 1.54) is 0 Å². The summed E-state index contributed by atoms with van der Waals surface area (Å²) in [6.45, 7) is 0. The van der Waals surface area contributed by atoms with Crippen molar-refractivity contribution in [1.29, 1.82) is 5.26 Å². The minimum absolute atomic E-state index is 0.406. The topological polar surface area (TPSA) is 59.3 Å². The number of benzene rings is 2. The second-order valence-electron chi connectivity index (χ2n) is 3.57. The Bertz CT molecular complexity index is 649. The number of hydrogen-bond donors (Lipinski definition) is 0. The van der Waals surface area contributed by atoms with E-state index >= 15 is 0 Å². The standard InChI is InChI=1S/C14H8BrNO3/c15-14-7-13(5-4-10(14)8-17)19-12-3-1-2-11(6-12)18-9-16/h1-8H. The number of aldehydes is 1. The lowest BCUT2D eigenvalue weighted by Crippen LogP contribution is -1.88. The molecule has 0 radical (unpaired) electrons. The molecule has 0 fully saturated rings. The molecule has 0 aliphatic rings. The Balaban J connectivity index is 2.21. The summed E-state index contributed by atoms with van der Waals surface area (Å²) in [5.41, 5.74) is 0.550. The molecule has 2 rings (SSSR count). The van der Waals surface area contributed by atoms with Gasteiger partial charge >= 0.3 is 0 Å². The third kappa shape index (κ3) is 3.33. The number of ether oxygens (including phenoxy) is 2. The Morgan fingerprint density at radius 3 is 2.53 bits per heavy atom. The van der Waals surface area contributed by atoms with E-state index in [-0.39, 0.29) is 0 Å². The van der Waals surface area contributed by atoms with Gasteiger partial charge in [-0.1, -0.05) is 6.07 Å². The third-order valence-corrected chi connectivity index (χ3v) is 2.99. The molecule has 0 saturated carbocycles. The smallest absolute Gasteiger partial charge is 0.292 e. The van der Waals surface area contributed by atoms with Crippen LogP contribution in [0.4, 0.5) is 0 Å². The molecule has 2 aromatic rings. The predicted molar refractivity (Wildman–Crippen MR) is 72.3 cm³/mol. The lowest BCUT2D eigenvalue weighted by Gasteiger charge is -2.07. The first-order valence-electron chi connectivity index (χ1n) is 5.31. The van der Waals surface area contributed by atoms with Crippen molar-refractivity contribution in [3.8, 4) is 23.5 Å². The highest BCUT2D eigenvalue weighted by atomic mass is 79.9. The molecular weight excluding hydrogens is 310 g/mol. The Hall–Kier alpha value is -2.32. The van der Waals surface area contributed by atoms with Crippen molar-refractivity contribution in [2.45, 2.75) is 0 Å². The van der Waals surface area contributed by atoms with Crippen molar-refractivity contribution in [3.05, 3.63) is 52.5 Å².